The zero-order valence-corrected chi connectivity index (χ0v) is 12.4. The van der Waals surface area contributed by atoms with Crippen molar-refractivity contribution in [3.8, 4) is 0 Å². The number of nitrogens with zero attached hydrogens (tertiary/aromatic N) is 2. The smallest absolute Gasteiger partial charge is 0.231 e. The van der Waals surface area contributed by atoms with Gasteiger partial charge in [-0.15, -0.1) is 0 Å². The summed E-state index contributed by atoms with van der Waals surface area (Å²) in [6.45, 7) is 0. The van der Waals surface area contributed by atoms with Crippen LogP contribution in [0.4, 0.5) is 0 Å². The van der Waals surface area contributed by atoms with Gasteiger partial charge in [0.25, 0.3) is 0 Å². The monoisotopic (exact) mass is 277 g/mol. The van der Waals surface area contributed by atoms with Crippen LogP contribution in [0, 0.1) is 0 Å². The van der Waals surface area contributed by atoms with E-state index < -0.39 is 0 Å². The molecule has 0 saturated heterocycles. The number of nitrogens with two attached hydrogens (primary N) is 1. The van der Waals surface area contributed by atoms with Crippen molar-refractivity contribution in [1.29, 1.82) is 0 Å². The first-order chi connectivity index (χ1) is 9.84. The molecule has 1 aromatic rings. The fourth-order valence-corrected chi connectivity index (χ4v) is 3.74. The first kappa shape index (κ1) is 14.1. The molecule has 0 aliphatic heterocycles. The molecule has 20 heavy (non-hydrogen) atoms. The molecule has 1 aromatic heterocycles. The molecule has 2 saturated carbocycles. The van der Waals surface area contributed by atoms with Crippen LogP contribution in [0.3, 0.4) is 0 Å². The zero-order chi connectivity index (χ0) is 13.8. The molecule has 112 valence electrons. The first-order valence-electron chi connectivity index (χ1n) is 8.43. The fraction of sp³-hybridized carbons (Fsp3) is 0.875. The van der Waals surface area contributed by atoms with E-state index in [1.807, 2.05) is 0 Å². The Balaban J connectivity index is 1.68. The molecule has 0 spiro atoms. The molecule has 2 N–H and O–H groups in total. The van der Waals surface area contributed by atoms with Crippen molar-refractivity contribution in [1.82, 2.24) is 10.1 Å². The summed E-state index contributed by atoms with van der Waals surface area (Å²) in [5.41, 5.74) is 6.22. The van der Waals surface area contributed by atoms with Gasteiger partial charge in [0.2, 0.25) is 5.89 Å². The molecule has 2 aliphatic rings. The van der Waals surface area contributed by atoms with Crippen LogP contribution in [0.1, 0.15) is 94.2 Å². The van der Waals surface area contributed by atoms with Crippen molar-refractivity contribution in [2.45, 2.75) is 88.5 Å². The highest BCUT2D eigenvalue weighted by molar-refractivity contribution is 5.03. The third-order valence-corrected chi connectivity index (χ3v) is 5.06. The van der Waals surface area contributed by atoms with E-state index >= 15 is 0 Å². The Hall–Kier alpha value is -0.900. The second kappa shape index (κ2) is 6.70. The van der Waals surface area contributed by atoms with Gasteiger partial charge in [0.05, 0.1) is 5.92 Å². The van der Waals surface area contributed by atoms with Gasteiger partial charge < -0.3 is 10.3 Å². The summed E-state index contributed by atoms with van der Waals surface area (Å²) in [6, 6.07) is 0.203. The fourth-order valence-electron chi connectivity index (χ4n) is 3.74. The predicted octanol–water partition coefficient (Wildman–Crippen LogP) is 3.88. The van der Waals surface area contributed by atoms with Crippen molar-refractivity contribution < 1.29 is 4.52 Å². The van der Waals surface area contributed by atoms with Gasteiger partial charge in [-0.3, -0.25) is 0 Å². The zero-order valence-electron chi connectivity index (χ0n) is 12.4. The molecule has 4 heteroatoms. The summed E-state index contributed by atoms with van der Waals surface area (Å²) >= 11 is 0. The van der Waals surface area contributed by atoms with Gasteiger partial charge in [0.15, 0.2) is 5.82 Å². The summed E-state index contributed by atoms with van der Waals surface area (Å²) < 4.78 is 5.56. The Kier molecular flexibility index (Phi) is 4.71. The van der Waals surface area contributed by atoms with E-state index in [2.05, 4.69) is 5.16 Å². The summed E-state index contributed by atoms with van der Waals surface area (Å²) in [6.07, 6.45) is 13.8. The average molecular weight is 277 g/mol. The molecule has 2 fully saturated rings. The Morgan fingerprint density at radius 3 is 2.25 bits per heavy atom. The van der Waals surface area contributed by atoms with Gasteiger partial charge in [-0.05, 0) is 25.7 Å². The second-order valence-corrected chi connectivity index (χ2v) is 6.59. The highest BCUT2D eigenvalue weighted by Crippen LogP contribution is 2.33. The SMILES string of the molecule is NC1CCCCC1c1nc(C2CCCCCCC2)no1. The van der Waals surface area contributed by atoms with E-state index in [4.69, 9.17) is 15.2 Å². The van der Waals surface area contributed by atoms with Crippen LogP contribution in [0.25, 0.3) is 0 Å². The normalized spacial score (nSPS) is 29.9. The molecule has 3 rings (SSSR count). The number of rotatable bonds is 2. The Morgan fingerprint density at radius 2 is 1.50 bits per heavy atom. The van der Waals surface area contributed by atoms with Crippen LogP contribution in [-0.4, -0.2) is 16.2 Å². The van der Waals surface area contributed by atoms with Gasteiger partial charge >= 0.3 is 0 Å². The first-order valence-corrected chi connectivity index (χ1v) is 8.43. The minimum absolute atomic E-state index is 0.203. The Bertz CT molecular complexity index is 410. The van der Waals surface area contributed by atoms with Crippen molar-refractivity contribution in [3.05, 3.63) is 11.7 Å². The minimum atomic E-state index is 0.203. The topological polar surface area (TPSA) is 64.9 Å². The highest BCUT2D eigenvalue weighted by atomic mass is 16.5. The lowest BCUT2D eigenvalue weighted by molar-refractivity contribution is 0.287. The van der Waals surface area contributed by atoms with Crippen molar-refractivity contribution >= 4 is 0 Å². The molecule has 0 bridgehead atoms. The third kappa shape index (κ3) is 3.22. The van der Waals surface area contributed by atoms with Crippen molar-refractivity contribution in [3.63, 3.8) is 0 Å². The van der Waals surface area contributed by atoms with E-state index in [1.54, 1.807) is 0 Å². The maximum absolute atomic E-state index is 6.22. The molecule has 1 heterocycles. The molecular formula is C16H27N3O. The number of hydrogen-bond donors (Lipinski definition) is 1. The average Bonchev–Trinajstić information content (AvgIpc) is 2.88. The van der Waals surface area contributed by atoms with Crippen LogP contribution in [0.5, 0.6) is 0 Å². The van der Waals surface area contributed by atoms with Gasteiger partial charge in [-0.2, -0.15) is 4.98 Å². The second-order valence-electron chi connectivity index (χ2n) is 6.59. The minimum Gasteiger partial charge on any atom is -0.339 e. The van der Waals surface area contributed by atoms with Crippen LogP contribution >= 0.6 is 0 Å². The molecular weight excluding hydrogens is 250 g/mol. The molecule has 0 aromatic carbocycles. The maximum atomic E-state index is 6.22. The number of aromatic nitrogens is 2. The molecule has 0 amide bonds. The van der Waals surface area contributed by atoms with E-state index in [1.165, 1.54) is 57.8 Å². The molecule has 0 radical (unpaired) electrons. The summed E-state index contributed by atoms with van der Waals surface area (Å²) in [5.74, 6) is 2.54. The van der Waals surface area contributed by atoms with Gasteiger partial charge in [-0.25, -0.2) is 0 Å². The van der Waals surface area contributed by atoms with E-state index in [0.717, 1.165) is 24.6 Å². The Morgan fingerprint density at radius 1 is 0.850 bits per heavy atom. The molecule has 2 atom stereocenters. The van der Waals surface area contributed by atoms with Crippen molar-refractivity contribution in [2.24, 2.45) is 5.73 Å². The lowest BCUT2D eigenvalue weighted by Gasteiger charge is -2.25. The van der Waals surface area contributed by atoms with Crippen LogP contribution in [-0.2, 0) is 0 Å². The summed E-state index contributed by atoms with van der Waals surface area (Å²) in [5, 5.41) is 4.28. The van der Waals surface area contributed by atoms with Gasteiger partial charge in [-0.1, -0.05) is 50.1 Å². The molecule has 2 unspecified atom stereocenters. The summed E-state index contributed by atoms with van der Waals surface area (Å²) in [7, 11) is 0. The maximum Gasteiger partial charge on any atom is 0.231 e. The van der Waals surface area contributed by atoms with E-state index in [9.17, 15) is 0 Å². The van der Waals surface area contributed by atoms with Crippen LogP contribution < -0.4 is 5.73 Å². The molecule has 4 nitrogen and oxygen atoms in total. The van der Waals surface area contributed by atoms with Crippen LogP contribution in [0.2, 0.25) is 0 Å². The van der Waals surface area contributed by atoms with E-state index in [0.29, 0.717) is 11.8 Å². The quantitative estimate of drug-likeness (QED) is 0.890. The van der Waals surface area contributed by atoms with E-state index in [-0.39, 0.29) is 6.04 Å². The van der Waals surface area contributed by atoms with Crippen LogP contribution in [0.15, 0.2) is 4.52 Å². The number of hydrogen-bond acceptors (Lipinski definition) is 4. The predicted molar refractivity (Wildman–Crippen MR) is 78.5 cm³/mol. The summed E-state index contributed by atoms with van der Waals surface area (Å²) in [4.78, 5) is 4.72. The lowest BCUT2D eigenvalue weighted by Crippen LogP contribution is -2.31. The largest absolute Gasteiger partial charge is 0.339 e. The van der Waals surface area contributed by atoms with Gasteiger partial charge in [0, 0.05) is 12.0 Å². The third-order valence-electron chi connectivity index (χ3n) is 5.06. The lowest BCUT2D eigenvalue weighted by atomic mass is 9.85. The standard InChI is InChI=1S/C16H27N3O/c17-14-11-7-6-10-13(14)16-18-15(19-20-16)12-8-4-2-1-3-5-9-12/h12-14H,1-11,17H2. The van der Waals surface area contributed by atoms with Crippen molar-refractivity contribution in [2.75, 3.05) is 0 Å². The van der Waals surface area contributed by atoms with Gasteiger partial charge in [0.1, 0.15) is 0 Å². The molecule has 2 aliphatic carbocycles. The highest BCUT2D eigenvalue weighted by Gasteiger charge is 2.29. The Labute approximate surface area is 121 Å².